The molecule has 3 aromatic rings. The molecule has 4 nitrogen and oxygen atoms in total. The maximum atomic E-state index is 13.1. The Labute approximate surface area is 273 Å². The van der Waals surface area contributed by atoms with E-state index in [1.807, 2.05) is 24.3 Å². The van der Waals surface area contributed by atoms with Gasteiger partial charge in [0.05, 0.1) is 11.1 Å². The number of hydrogen-bond donors (Lipinski definition) is 0. The Hall–Kier alpha value is -2.97. The summed E-state index contributed by atoms with van der Waals surface area (Å²) in [5, 5.41) is -0.0646. The molecule has 0 bridgehead atoms. The molecule has 5 rings (SSSR count). The normalized spacial score (nSPS) is 16.5. The molecule has 0 saturated heterocycles. The van der Waals surface area contributed by atoms with E-state index < -0.39 is 16.6 Å². The van der Waals surface area contributed by atoms with Crippen molar-refractivity contribution in [2.24, 2.45) is 5.41 Å². The van der Waals surface area contributed by atoms with E-state index in [0.29, 0.717) is 16.5 Å². The number of rotatable bonds is 6. The van der Waals surface area contributed by atoms with Gasteiger partial charge in [0.2, 0.25) is 0 Å². The second-order valence-electron chi connectivity index (χ2n) is 16.6. The maximum absolute atomic E-state index is 13.1. The van der Waals surface area contributed by atoms with Gasteiger partial charge in [-0.1, -0.05) is 90.8 Å². The van der Waals surface area contributed by atoms with E-state index in [4.69, 9.17) is 8.85 Å². The molecule has 0 heterocycles. The Balaban J connectivity index is 1.44. The van der Waals surface area contributed by atoms with Gasteiger partial charge in [-0.15, -0.1) is 0 Å². The quantitative estimate of drug-likeness (QED) is 0.252. The van der Waals surface area contributed by atoms with Crippen LogP contribution in [-0.2, 0) is 21.7 Å². The number of carbonyl (C=O) groups excluding carboxylic acids is 2. The second kappa shape index (κ2) is 11.7. The Bertz CT molecular complexity index is 1470. The van der Waals surface area contributed by atoms with Gasteiger partial charge in [-0.2, -0.15) is 0 Å². The molecule has 240 valence electrons. The Kier molecular flexibility index (Phi) is 8.67. The fourth-order valence-electron chi connectivity index (χ4n) is 6.39. The second-order valence-corrected chi connectivity index (χ2v) is 26.1. The van der Waals surface area contributed by atoms with Crippen LogP contribution in [0.5, 0.6) is 0 Å². The molecule has 0 unspecified atom stereocenters. The van der Waals surface area contributed by atoms with Crippen molar-refractivity contribution in [2.75, 3.05) is 0 Å². The molecular weight excluding hydrogens is 589 g/mol. The molecule has 1 spiro atoms. The van der Waals surface area contributed by atoms with Crippen LogP contribution in [0.4, 0.5) is 0 Å². The summed E-state index contributed by atoms with van der Waals surface area (Å²) >= 11 is 0. The third-order valence-corrected chi connectivity index (χ3v) is 20.0. The Morgan fingerprint density at radius 3 is 1.22 bits per heavy atom. The first-order chi connectivity index (χ1) is 20.8. The van der Waals surface area contributed by atoms with Gasteiger partial charge in [-0.3, -0.25) is 0 Å². The highest BCUT2D eigenvalue weighted by atomic mass is 28.4. The average Bonchev–Trinajstić information content (AvgIpc) is 3.57. The molecule has 45 heavy (non-hydrogen) atoms. The monoisotopic (exact) mass is 640 g/mol. The first-order valence-electron chi connectivity index (χ1n) is 16.6. The molecular formula is C39H52O4Si2. The zero-order valence-corrected chi connectivity index (χ0v) is 31.1. The number of hydrogen-bond acceptors (Lipinski definition) is 4. The topological polar surface area (TPSA) is 52.6 Å². The van der Waals surface area contributed by atoms with Crippen molar-refractivity contribution in [1.29, 1.82) is 0 Å². The van der Waals surface area contributed by atoms with Crippen LogP contribution < -0.4 is 0 Å². The standard InChI is InChI=1S/C39H52O4Si2/c1-37(2,3)44(7,8)42-35(40)29-17-13-27(14-18-29)31-21-22-32(34-26-39(25-33(31)34)23-11-12-24-39)28-15-19-30(20-16-28)36(41)43-45(9,10)38(4,5)6/h13-22H,11-12,23-26H2,1-10H3. The van der Waals surface area contributed by atoms with E-state index in [9.17, 15) is 9.59 Å². The summed E-state index contributed by atoms with van der Waals surface area (Å²) < 4.78 is 12.1. The summed E-state index contributed by atoms with van der Waals surface area (Å²) in [6, 6.07) is 20.5. The average molecular weight is 641 g/mol. The van der Waals surface area contributed by atoms with Crippen molar-refractivity contribution in [1.82, 2.24) is 0 Å². The van der Waals surface area contributed by atoms with Gasteiger partial charge in [0, 0.05) is 0 Å². The lowest BCUT2D eigenvalue weighted by Gasteiger charge is -2.35. The molecule has 2 aliphatic carbocycles. The molecule has 0 aromatic heterocycles. The third kappa shape index (κ3) is 6.64. The molecule has 1 saturated carbocycles. The molecule has 1 fully saturated rings. The highest BCUT2D eigenvalue weighted by Gasteiger charge is 2.43. The smallest absolute Gasteiger partial charge is 0.324 e. The zero-order valence-electron chi connectivity index (χ0n) is 29.1. The van der Waals surface area contributed by atoms with E-state index in [2.05, 4.69) is 104 Å². The Morgan fingerprint density at radius 2 is 0.911 bits per heavy atom. The van der Waals surface area contributed by atoms with Crippen molar-refractivity contribution in [3.05, 3.63) is 82.9 Å². The van der Waals surface area contributed by atoms with Gasteiger partial charge in [0.25, 0.3) is 16.6 Å². The maximum Gasteiger partial charge on any atom is 0.324 e. The summed E-state index contributed by atoms with van der Waals surface area (Å²) in [6.07, 6.45) is 7.34. The van der Waals surface area contributed by atoms with Gasteiger partial charge in [-0.05, 0) is 125 Å². The van der Waals surface area contributed by atoms with E-state index in [0.717, 1.165) is 24.0 Å². The van der Waals surface area contributed by atoms with Gasteiger partial charge in [-0.25, -0.2) is 9.59 Å². The number of carbonyl (C=O) groups is 2. The van der Waals surface area contributed by atoms with E-state index in [1.54, 1.807) is 0 Å². The first kappa shape index (κ1) is 33.4. The summed E-state index contributed by atoms with van der Waals surface area (Å²) in [5.41, 5.74) is 9.23. The SMILES string of the molecule is CC(C)(C)[Si](C)(C)OC(=O)c1ccc(-c2ccc(-c3ccc(C(=O)O[Si](C)(C)C(C)(C)C)cc3)c3c2CC2(CCCC2)C3)cc1. The van der Waals surface area contributed by atoms with Crippen LogP contribution in [0.25, 0.3) is 22.3 Å². The van der Waals surface area contributed by atoms with Crippen LogP contribution in [0, 0.1) is 5.41 Å². The van der Waals surface area contributed by atoms with Crippen LogP contribution in [0.2, 0.25) is 36.3 Å². The van der Waals surface area contributed by atoms with Gasteiger partial charge in [0.15, 0.2) is 0 Å². The zero-order chi connectivity index (χ0) is 33.0. The summed E-state index contributed by atoms with van der Waals surface area (Å²) in [6.45, 7) is 21.3. The number of benzene rings is 3. The lowest BCUT2D eigenvalue weighted by atomic mass is 9.82. The molecule has 2 aliphatic rings. The van der Waals surface area contributed by atoms with Crippen LogP contribution in [0.1, 0.15) is 99.1 Å². The summed E-state index contributed by atoms with van der Waals surface area (Å²) in [5.74, 6) is -0.453. The van der Waals surface area contributed by atoms with Crippen LogP contribution in [0.3, 0.4) is 0 Å². The fraction of sp³-hybridized carbons (Fsp3) is 0.487. The molecule has 0 N–H and O–H groups in total. The van der Waals surface area contributed by atoms with Crippen molar-refractivity contribution in [2.45, 2.75) is 116 Å². The van der Waals surface area contributed by atoms with Crippen molar-refractivity contribution >= 4 is 28.6 Å². The molecule has 0 atom stereocenters. The van der Waals surface area contributed by atoms with Crippen molar-refractivity contribution in [3.63, 3.8) is 0 Å². The molecule has 0 aliphatic heterocycles. The van der Waals surface area contributed by atoms with E-state index >= 15 is 0 Å². The lowest BCUT2D eigenvalue weighted by Crippen LogP contribution is -2.42. The predicted octanol–water partition coefficient (Wildman–Crippen LogP) is 11.0. The largest absolute Gasteiger partial charge is 0.516 e. The van der Waals surface area contributed by atoms with Gasteiger partial charge < -0.3 is 8.85 Å². The minimum Gasteiger partial charge on any atom is -0.516 e. The van der Waals surface area contributed by atoms with Gasteiger partial charge in [0.1, 0.15) is 0 Å². The van der Waals surface area contributed by atoms with Gasteiger partial charge >= 0.3 is 11.9 Å². The van der Waals surface area contributed by atoms with E-state index in [1.165, 1.54) is 47.9 Å². The molecule has 0 amide bonds. The van der Waals surface area contributed by atoms with E-state index in [-0.39, 0.29) is 22.0 Å². The van der Waals surface area contributed by atoms with Crippen molar-refractivity contribution < 1.29 is 18.4 Å². The van der Waals surface area contributed by atoms with Crippen molar-refractivity contribution in [3.8, 4) is 22.3 Å². The Morgan fingerprint density at radius 1 is 0.578 bits per heavy atom. The minimum absolute atomic E-state index is 0.0323. The summed E-state index contributed by atoms with van der Waals surface area (Å²) in [7, 11) is -4.40. The first-order valence-corrected chi connectivity index (χ1v) is 22.5. The molecule has 6 heteroatoms. The van der Waals surface area contributed by atoms with Crippen LogP contribution >= 0.6 is 0 Å². The highest BCUT2D eigenvalue weighted by molar-refractivity contribution is 6.76. The fourth-order valence-corrected chi connectivity index (χ4v) is 8.16. The number of fused-ring (bicyclic) bond motifs is 1. The predicted molar refractivity (Wildman–Crippen MR) is 191 cm³/mol. The minimum atomic E-state index is -2.20. The van der Waals surface area contributed by atoms with Crippen LogP contribution in [0.15, 0.2) is 60.7 Å². The van der Waals surface area contributed by atoms with Crippen LogP contribution in [-0.4, -0.2) is 28.6 Å². The summed E-state index contributed by atoms with van der Waals surface area (Å²) in [4.78, 5) is 26.2. The highest BCUT2D eigenvalue weighted by Crippen LogP contribution is 2.53. The molecule has 0 radical (unpaired) electrons. The molecule has 3 aromatic carbocycles. The third-order valence-electron chi connectivity index (χ3n) is 11.4. The lowest BCUT2D eigenvalue weighted by molar-refractivity contribution is 0.0702.